The fourth-order valence-corrected chi connectivity index (χ4v) is 1.83. The van der Waals surface area contributed by atoms with Crippen LogP contribution in [0.25, 0.3) is 0 Å². The zero-order valence-corrected chi connectivity index (χ0v) is 9.78. The first-order chi connectivity index (χ1) is 6.83. The van der Waals surface area contributed by atoms with Gasteiger partial charge in [-0.05, 0) is 33.0 Å². The molecule has 0 aliphatic heterocycles. The van der Waals surface area contributed by atoms with E-state index in [-0.39, 0.29) is 0 Å². The molecule has 0 radical (unpaired) electrons. The smallest absolute Gasteiger partial charge is 0.0897 e. The third-order valence-electron chi connectivity index (χ3n) is 1.93. The molecular formula is C10H19N3S. The Morgan fingerprint density at radius 3 is 2.79 bits per heavy atom. The van der Waals surface area contributed by atoms with Gasteiger partial charge in [0.25, 0.3) is 0 Å². The van der Waals surface area contributed by atoms with Crippen LogP contribution < -0.4 is 10.6 Å². The van der Waals surface area contributed by atoms with Crippen molar-refractivity contribution in [3.05, 3.63) is 16.1 Å². The lowest BCUT2D eigenvalue weighted by atomic mass is 10.4. The van der Waals surface area contributed by atoms with E-state index in [0.717, 1.165) is 36.9 Å². The van der Waals surface area contributed by atoms with E-state index in [1.807, 2.05) is 6.92 Å². The summed E-state index contributed by atoms with van der Waals surface area (Å²) in [5.41, 5.74) is 1.16. The summed E-state index contributed by atoms with van der Waals surface area (Å²) in [6.07, 6.45) is 1.18. The van der Waals surface area contributed by atoms with Crippen LogP contribution in [0.5, 0.6) is 0 Å². The number of nitrogens with one attached hydrogen (secondary N) is 2. The van der Waals surface area contributed by atoms with Crippen LogP contribution in [0.15, 0.2) is 5.38 Å². The van der Waals surface area contributed by atoms with E-state index in [9.17, 15) is 0 Å². The molecule has 4 heteroatoms. The summed E-state index contributed by atoms with van der Waals surface area (Å²) in [4.78, 5) is 4.39. The topological polar surface area (TPSA) is 37.0 Å². The lowest BCUT2D eigenvalue weighted by Gasteiger charge is -2.02. The van der Waals surface area contributed by atoms with Crippen LogP contribution in [-0.2, 0) is 6.54 Å². The summed E-state index contributed by atoms with van der Waals surface area (Å²) in [7, 11) is 0. The van der Waals surface area contributed by atoms with Gasteiger partial charge in [-0.3, -0.25) is 0 Å². The van der Waals surface area contributed by atoms with Crippen molar-refractivity contribution >= 4 is 11.3 Å². The zero-order valence-electron chi connectivity index (χ0n) is 8.97. The molecule has 1 rings (SSSR count). The molecule has 1 heterocycles. The molecule has 0 unspecified atom stereocenters. The van der Waals surface area contributed by atoms with Crippen LogP contribution >= 0.6 is 11.3 Å². The maximum atomic E-state index is 4.39. The van der Waals surface area contributed by atoms with Crippen molar-refractivity contribution in [1.82, 2.24) is 15.6 Å². The summed E-state index contributed by atoms with van der Waals surface area (Å²) in [5, 5.41) is 9.94. The Morgan fingerprint density at radius 1 is 1.36 bits per heavy atom. The second kappa shape index (κ2) is 6.92. The van der Waals surface area contributed by atoms with Crippen LogP contribution in [0, 0.1) is 6.92 Å². The normalized spacial score (nSPS) is 10.7. The number of nitrogens with zero attached hydrogens (tertiary/aromatic N) is 1. The first-order valence-electron chi connectivity index (χ1n) is 5.15. The van der Waals surface area contributed by atoms with Gasteiger partial charge in [0.05, 0.1) is 10.7 Å². The summed E-state index contributed by atoms with van der Waals surface area (Å²) in [6.45, 7) is 8.29. The SMILES string of the molecule is CCNCCCNCc1csc(C)n1. The highest BCUT2D eigenvalue weighted by Gasteiger charge is 1.96. The van der Waals surface area contributed by atoms with E-state index >= 15 is 0 Å². The molecule has 0 fully saturated rings. The average Bonchev–Trinajstić information content (AvgIpc) is 2.58. The van der Waals surface area contributed by atoms with Gasteiger partial charge in [-0.25, -0.2) is 4.98 Å². The number of aryl methyl sites for hydroxylation is 1. The minimum Gasteiger partial charge on any atom is -0.317 e. The molecule has 1 aromatic rings. The largest absolute Gasteiger partial charge is 0.317 e. The van der Waals surface area contributed by atoms with E-state index in [1.165, 1.54) is 6.42 Å². The molecule has 0 aromatic carbocycles. The van der Waals surface area contributed by atoms with Crippen LogP contribution in [0.1, 0.15) is 24.0 Å². The third-order valence-corrected chi connectivity index (χ3v) is 2.75. The van der Waals surface area contributed by atoms with Gasteiger partial charge in [-0.1, -0.05) is 6.92 Å². The highest BCUT2D eigenvalue weighted by atomic mass is 32.1. The fourth-order valence-electron chi connectivity index (χ4n) is 1.22. The Morgan fingerprint density at radius 2 is 2.14 bits per heavy atom. The lowest BCUT2D eigenvalue weighted by Crippen LogP contribution is -2.21. The van der Waals surface area contributed by atoms with Gasteiger partial charge >= 0.3 is 0 Å². The van der Waals surface area contributed by atoms with E-state index in [4.69, 9.17) is 0 Å². The maximum Gasteiger partial charge on any atom is 0.0897 e. The number of hydrogen-bond acceptors (Lipinski definition) is 4. The molecule has 80 valence electrons. The summed E-state index contributed by atoms with van der Waals surface area (Å²) >= 11 is 1.71. The maximum absolute atomic E-state index is 4.39. The molecule has 0 atom stereocenters. The molecule has 14 heavy (non-hydrogen) atoms. The van der Waals surface area contributed by atoms with Gasteiger partial charge in [0.1, 0.15) is 0 Å². The van der Waals surface area contributed by atoms with Crippen LogP contribution in [-0.4, -0.2) is 24.6 Å². The van der Waals surface area contributed by atoms with E-state index in [0.29, 0.717) is 0 Å². The minimum atomic E-state index is 0.899. The standard InChI is InChI=1S/C10H19N3S/c1-3-11-5-4-6-12-7-10-8-14-9(2)13-10/h8,11-12H,3-7H2,1-2H3. The van der Waals surface area contributed by atoms with Crippen molar-refractivity contribution < 1.29 is 0 Å². The van der Waals surface area contributed by atoms with E-state index in [2.05, 4.69) is 27.9 Å². The number of thiazole rings is 1. The van der Waals surface area contributed by atoms with Crippen molar-refractivity contribution in [3.8, 4) is 0 Å². The second-order valence-electron chi connectivity index (χ2n) is 3.24. The number of rotatable bonds is 7. The quantitative estimate of drug-likeness (QED) is 0.675. The Hall–Kier alpha value is -0.450. The highest BCUT2D eigenvalue weighted by molar-refractivity contribution is 7.09. The van der Waals surface area contributed by atoms with Crippen molar-refractivity contribution in [2.75, 3.05) is 19.6 Å². The van der Waals surface area contributed by atoms with Crippen LogP contribution in [0.3, 0.4) is 0 Å². The first kappa shape index (κ1) is 11.6. The predicted octanol–water partition coefficient (Wildman–Crippen LogP) is 1.54. The van der Waals surface area contributed by atoms with E-state index < -0.39 is 0 Å². The third kappa shape index (κ3) is 4.69. The first-order valence-corrected chi connectivity index (χ1v) is 6.03. The predicted molar refractivity (Wildman–Crippen MR) is 61.7 cm³/mol. The van der Waals surface area contributed by atoms with Gasteiger partial charge in [-0.15, -0.1) is 11.3 Å². The Kier molecular flexibility index (Phi) is 5.75. The Bertz CT molecular complexity index is 247. The Balaban J connectivity index is 1.99. The molecule has 0 saturated heterocycles. The van der Waals surface area contributed by atoms with Crippen LogP contribution in [0.2, 0.25) is 0 Å². The fraction of sp³-hybridized carbons (Fsp3) is 0.700. The van der Waals surface area contributed by atoms with Crippen molar-refractivity contribution in [2.45, 2.75) is 26.8 Å². The molecule has 0 spiro atoms. The summed E-state index contributed by atoms with van der Waals surface area (Å²) < 4.78 is 0. The molecular weight excluding hydrogens is 194 g/mol. The molecule has 2 N–H and O–H groups in total. The van der Waals surface area contributed by atoms with Crippen molar-refractivity contribution in [3.63, 3.8) is 0 Å². The Labute approximate surface area is 89.9 Å². The average molecular weight is 213 g/mol. The molecule has 1 aromatic heterocycles. The summed E-state index contributed by atoms with van der Waals surface area (Å²) in [6, 6.07) is 0. The van der Waals surface area contributed by atoms with Crippen molar-refractivity contribution in [1.29, 1.82) is 0 Å². The molecule has 0 aliphatic carbocycles. The molecule has 3 nitrogen and oxygen atoms in total. The van der Waals surface area contributed by atoms with Crippen molar-refractivity contribution in [2.24, 2.45) is 0 Å². The lowest BCUT2D eigenvalue weighted by molar-refractivity contribution is 0.602. The minimum absolute atomic E-state index is 0.899. The second-order valence-corrected chi connectivity index (χ2v) is 4.30. The van der Waals surface area contributed by atoms with Gasteiger partial charge in [0.15, 0.2) is 0 Å². The molecule has 0 aliphatic rings. The van der Waals surface area contributed by atoms with Gasteiger partial charge < -0.3 is 10.6 Å². The monoisotopic (exact) mass is 213 g/mol. The zero-order chi connectivity index (χ0) is 10.2. The summed E-state index contributed by atoms with van der Waals surface area (Å²) in [5.74, 6) is 0. The van der Waals surface area contributed by atoms with Gasteiger partial charge in [0, 0.05) is 11.9 Å². The van der Waals surface area contributed by atoms with E-state index in [1.54, 1.807) is 11.3 Å². The number of aromatic nitrogens is 1. The van der Waals surface area contributed by atoms with Gasteiger partial charge in [0.2, 0.25) is 0 Å². The van der Waals surface area contributed by atoms with Crippen LogP contribution in [0.4, 0.5) is 0 Å². The molecule has 0 amide bonds. The van der Waals surface area contributed by atoms with Gasteiger partial charge in [-0.2, -0.15) is 0 Å². The molecule has 0 bridgehead atoms. The molecule has 0 saturated carbocycles. The highest BCUT2D eigenvalue weighted by Crippen LogP contribution is 2.06. The number of hydrogen-bond donors (Lipinski definition) is 2.